The zero-order valence-electron chi connectivity index (χ0n) is 9.84. The Hall–Kier alpha value is -2.49. The first-order valence-corrected chi connectivity index (χ1v) is 5.67. The number of aromatic amines is 1. The molecule has 0 atom stereocenters. The van der Waals surface area contributed by atoms with Gasteiger partial charge in [0.25, 0.3) is 0 Å². The van der Waals surface area contributed by atoms with Crippen LogP contribution in [0, 0.1) is 6.92 Å². The molecule has 90 valence electrons. The molecule has 2 aromatic carbocycles. The summed E-state index contributed by atoms with van der Waals surface area (Å²) in [6.07, 6.45) is 0. The van der Waals surface area contributed by atoms with Crippen molar-refractivity contribution in [1.29, 1.82) is 0 Å². The molecule has 0 aliphatic rings. The van der Waals surface area contributed by atoms with Crippen molar-refractivity contribution in [3.8, 4) is 11.4 Å². The smallest absolute Gasteiger partial charge is 0.331 e. The molecule has 0 amide bonds. The van der Waals surface area contributed by atoms with E-state index in [9.17, 15) is 9.90 Å². The van der Waals surface area contributed by atoms with Gasteiger partial charge in [-0.2, -0.15) is 0 Å². The van der Waals surface area contributed by atoms with E-state index in [2.05, 4.69) is 4.98 Å². The lowest BCUT2D eigenvalue weighted by Gasteiger charge is -2.07. The van der Waals surface area contributed by atoms with Crippen LogP contribution in [0.3, 0.4) is 0 Å². The van der Waals surface area contributed by atoms with Gasteiger partial charge in [-0.1, -0.05) is 24.3 Å². The molecule has 1 heterocycles. The van der Waals surface area contributed by atoms with Crippen LogP contribution in [-0.2, 0) is 0 Å². The summed E-state index contributed by atoms with van der Waals surface area (Å²) in [5, 5.41) is 9.94. The second-order valence-corrected chi connectivity index (χ2v) is 4.23. The Bertz CT molecular complexity index is 784. The maximum Gasteiger partial charge on any atom is 0.331 e. The fourth-order valence-corrected chi connectivity index (χ4v) is 2.18. The van der Waals surface area contributed by atoms with Crippen molar-refractivity contribution in [1.82, 2.24) is 9.55 Å². The maximum absolute atomic E-state index is 12.0. The number of aromatic hydroxyl groups is 1. The van der Waals surface area contributed by atoms with E-state index < -0.39 is 0 Å². The van der Waals surface area contributed by atoms with Gasteiger partial charge in [0.1, 0.15) is 11.3 Å². The number of phenols is 1. The van der Waals surface area contributed by atoms with E-state index in [0.717, 1.165) is 11.3 Å². The lowest BCUT2D eigenvalue weighted by molar-refractivity contribution is 0.479. The number of benzene rings is 2. The van der Waals surface area contributed by atoms with Gasteiger partial charge >= 0.3 is 5.69 Å². The van der Waals surface area contributed by atoms with Gasteiger partial charge in [0, 0.05) is 0 Å². The normalized spacial score (nSPS) is 10.9. The third-order valence-electron chi connectivity index (χ3n) is 3.04. The van der Waals surface area contributed by atoms with Crippen LogP contribution in [-0.4, -0.2) is 14.7 Å². The van der Waals surface area contributed by atoms with Gasteiger partial charge in [-0.25, -0.2) is 4.79 Å². The Balaban J connectivity index is 2.47. The summed E-state index contributed by atoms with van der Waals surface area (Å²) >= 11 is 0. The van der Waals surface area contributed by atoms with E-state index in [0.29, 0.717) is 11.0 Å². The van der Waals surface area contributed by atoms with Crippen molar-refractivity contribution >= 4 is 11.0 Å². The van der Waals surface area contributed by atoms with Gasteiger partial charge in [0.2, 0.25) is 0 Å². The molecule has 18 heavy (non-hydrogen) atoms. The second kappa shape index (κ2) is 3.77. The Labute approximate surface area is 103 Å². The zero-order chi connectivity index (χ0) is 12.7. The highest BCUT2D eigenvalue weighted by Gasteiger charge is 2.13. The van der Waals surface area contributed by atoms with E-state index in [1.165, 1.54) is 4.57 Å². The molecule has 1 aromatic heterocycles. The molecule has 0 aliphatic carbocycles. The molecule has 4 nitrogen and oxygen atoms in total. The number of hydrogen-bond donors (Lipinski definition) is 2. The van der Waals surface area contributed by atoms with E-state index in [-0.39, 0.29) is 11.4 Å². The summed E-state index contributed by atoms with van der Waals surface area (Å²) in [5.74, 6) is 0.0918. The van der Waals surface area contributed by atoms with Crippen molar-refractivity contribution in [3.05, 3.63) is 58.5 Å². The van der Waals surface area contributed by atoms with Crippen molar-refractivity contribution in [2.24, 2.45) is 0 Å². The fraction of sp³-hybridized carbons (Fsp3) is 0.0714. The van der Waals surface area contributed by atoms with Crippen LogP contribution in [0.25, 0.3) is 16.7 Å². The number of aryl methyl sites for hydroxylation is 1. The number of imidazole rings is 1. The van der Waals surface area contributed by atoms with Crippen LogP contribution >= 0.6 is 0 Å². The zero-order valence-corrected chi connectivity index (χ0v) is 9.84. The number of para-hydroxylation sites is 2. The largest absolute Gasteiger partial charge is 0.506 e. The number of phenolic OH excluding ortho intramolecular Hbond substituents is 1. The monoisotopic (exact) mass is 240 g/mol. The van der Waals surface area contributed by atoms with Gasteiger partial charge in [0.15, 0.2) is 0 Å². The number of nitrogens with zero attached hydrogens (tertiary/aromatic N) is 1. The molecular weight excluding hydrogens is 228 g/mol. The highest BCUT2D eigenvalue weighted by molar-refractivity contribution is 5.83. The first kappa shape index (κ1) is 10.7. The topological polar surface area (TPSA) is 58.0 Å². The molecule has 0 radical (unpaired) electrons. The minimum Gasteiger partial charge on any atom is -0.506 e. The highest BCUT2D eigenvalue weighted by atomic mass is 16.3. The molecule has 3 aromatic rings. The lowest BCUT2D eigenvalue weighted by atomic mass is 10.2. The third kappa shape index (κ3) is 1.43. The molecule has 4 heteroatoms. The number of aromatic nitrogens is 2. The molecule has 3 rings (SSSR count). The molecule has 0 bridgehead atoms. The van der Waals surface area contributed by atoms with Crippen LogP contribution in [0.5, 0.6) is 5.75 Å². The Morgan fingerprint density at radius 1 is 1.11 bits per heavy atom. The van der Waals surface area contributed by atoms with E-state index in [4.69, 9.17) is 0 Å². The number of nitrogens with one attached hydrogen (secondary N) is 1. The van der Waals surface area contributed by atoms with Crippen LogP contribution in [0.4, 0.5) is 0 Å². The summed E-state index contributed by atoms with van der Waals surface area (Å²) in [4.78, 5) is 14.8. The minimum atomic E-state index is -0.249. The molecule has 2 N–H and O–H groups in total. The number of rotatable bonds is 1. The summed E-state index contributed by atoms with van der Waals surface area (Å²) in [6, 6.07) is 12.6. The quantitative estimate of drug-likeness (QED) is 0.685. The average molecular weight is 240 g/mol. The SMILES string of the molecule is Cc1ccccc1-n1c(=O)[nH]c2cccc(O)c21. The second-order valence-electron chi connectivity index (χ2n) is 4.23. The predicted molar refractivity (Wildman–Crippen MR) is 70.3 cm³/mol. The van der Waals surface area contributed by atoms with E-state index in [1.807, 2.05) is 31.2 Å². The standard InChI is InChI=1S/C14H12N2O2/c1-9-5-2-3-7-11(9)16-13-10(15-14(16)18)6-4-8-12(13)17/h2-8,17H,1H3,(H,15,18). The minimum absolute atomic E-state index is 0.0918. The molecule has 0 aliphatic heterocycles. The highest BCUT2D eigenvalue weighted by Crippen LogP contribution is 2.25. The summed E-state index contributed by atoms with van der Waals surface area (Å²) in [7, 11) is 0. The van der Waals surface area contributed by atoms with Gasteiger partial charge in [-0.05, 0) is 30.7 Å². The molecule has 0 fully saturated rings. The maximum atomic E-state index is 12.0. The molecule has 0 saturated carbocycles. The third-order valence-corrected chi connectivity index (χ3v) is 3.04. The van der Waals surface area contributed by atoms with Crippen molar-refractivity contribution in [3.63, 3.8) is 0 Å². The predicted octanol–water partition coefficient (Wildman–Crippen LogP) is 2.33. The van der Waals surface area contributed by atoms with Crippen LogP contribution in [0.1, 0.15) is 5.56 Å². The average Bonchev–Trinajstić information content (AvgIpc) is 2.68. The number of hydrogen-bond acceptors (Lipinski definition) is 2. The first-order valence-electron chi connectivity index (χ1n) is 5.67. The van der Waals surface area contributed by atoms with Crippen LogP contribution in [0.15, 0.2) is 47.3 Å². The first-order chi connectivity index (χ1) is 8.68. The van der Waals surface area contributed by atoms with Crippen molar-refractivity contribution in [2.45, 2.75) is 6.92 Å². The number of fused-ring (bicyclic) bond motifs is 1. The summed E-state index contributed by atoms with van der Waals surface area (Å²) in [6.45, 7) is 1.93. The molecule has 0 unspecified atom stereocenters. The van der Waals surface area contributed by atoms with Gasteiger partial charge in [-0.15, -0.1) is 0 Å². The van der Waals surface area contributed by atoms with Gasteiger partial charge in [0.05, 0.1) is 11.2 Å². The van der Waals surface area contributed by atoms with Crippen molar-refractivity contribution < 1.29 is 5.11 Å². The Morgan fingerprint density at radius 3 is 2.67 bits per heavy atom. The fourth-order valence-electron chi connectivity index (χ4n) is 2.18. The van der Waals surface area contributed by atoms with Crippen LogP contribution < -0.4 is 5.69 Å². The van der Waals surface area contributed by atoms with Crippen LogP contribution in [0.2, 0.25) is 0 Å². The molecular formula is C14H12N2O2. The van der Waals surface area contributed by atoms with Crippen molar-refractivity contribution in [2.75, 3.05) is 0 Å². The van der Waals surface area contributed by atoms with Gasteiger partial charge in [-0.3, -0.25) is 4.57 Å². The Kier molecular flexibility index (Phi) is 2.23. The summed E-state index contributed by atoms with van der Waals surface area (Å²) in [5.41, 5.74) is 2.64. The van der Waals surface area contributed by atoms with E-state index >= 15 is 0 Å². The summed E-state index contributed by atoms with van der Waals surface area (Å²) < 4.78 is 1.50. The molecule has 0 saturated heterocycles. The lowest BCUT2D eigenvalue weighted by Crippen LogP contribution is -2.15. The number of H-pyrrole nitrogens is 1. The molecule has 0 spiro atoms. The van der Waals surface area contributed by atoms with E-state index in [1.54, 1.807) is 18.2 Å². The Morgan fingerprint density at radius 2 is 1.89 bits per heavy atom. The van der Waals surface area contributed by atoms with Gasteiger partial charge < -0.3 is 10.1 Å².